The Kier molecular flexibility index (Phi) is 3.60. The van der Waals surface area contributed by atoms with E-state index in [2.05, 4.69) is 50.2 Å². The molecule has 2 nitrogen and oxygen atoms in total. The molecule has 110 valence electrons. The van der Waals surface area contributed by atoms with Crippen LogP contribution >= 0.6 is 0 Å². The fourth-order valence-electron chi connectivity index (χ4n) is 2.77. The number of anilines is 2. The van der Waals surface area contributed by atoms with Crippen LogP contribution < -0.4 is 11.5 Å². The predicted molar refractivity (Wildman–Crippen MR) is 95.6 cm³/mol. The van der Waals surface area contributed by atoms with Crippen LogP contribution in [0.5, 0.6) is 0 Å². The lowest BCUT2D eigenvalue weighted by Crippen LogP contribution is -1.93. The number of rotatable bonds is 2. The summed E-state index contributed by atoms with van der Waals surface area (Å²) in [7, 11) is 0. The van der Waals surface area contributed by atoms with Crippen LogP contribution in [0.25, 0.3) is 22.3 Å². The van der Waals surface area contributed by atoms with Crippen molar-refractivity contribution >= 4 is 11.4 Å². The lowest BCUT2D eigenvalue weighted by Gasteiger charge is -2.14. The fourth-order valence-corrected chi connectivity index (χ4v) is 2.77. The second kappa shape index (κ2) is 5.57. The highest BCUT2D eigenvalue weighted by Gasteiger charge is 2.09. The van der Waals surface area contributed by atoms with E-state index in [9.17, 15) is 0 Å². The van der Waals surface area contributed by atoms with Crippen molar-refractivity contribution in [1.29, 1.82) is 0 Å². The number of hydrogen-bond donors (Lipinski definition) is 2. The monoisotopic (exact) mass is 288 g/mol. The number of nitrogens with two attached hydrogens (primary N) is 2. The van der Waals surface area contributed by atoms with E-state index in [1.54, 1.807) is 0 Å². The third kappa shape index (κ3) is 2.56. The summed E-state index contributed by atoms with van der Waals surface area (Å²) in [6, 6.07) is 20.4. The van der Waals surface area contributed by atoms with Gasteiger partial charge in [-0.05, 0) is 71.5 Å². The summed E-state index contributed by atoms with van der Waals surface area (Å²) in [6.07, 6.45) is 0. The minimum Gasteiger partial charge on any atom is -0.399 e. The molecule has 0 atom stereocenters. The van der Waals surface area contributed by atoms with Crippen LogP contribution in [-0.2, 0) is 0 Å². The van der Waals surface area contributed by atoms with Crippen LogP contribution in [0.4, 0.5) is 11.4 Å². The predicted octanol–water partition coefficient (Wildman–Crippen LogP) is 4.80. The van der Waals surface area contributed by atoms with Gasteiger partial charge in [0.15, 0.2) is 0 Å². The second-order valence-electron chi connectivity index (χ2n) is 5.65. The van der Waals surface area contributed by atoms with Crippen LogP contribution in [0.1, 0.15) is 11.1 Å². The van der Waals surface area contributed by atoms with Crippen LogP contribution in [0.15, 0.2) is 60.7 Å². The van der Waals surface area contributed by atoms with Crippen molar-refractivity contribution in [3.63, 3.8) is 0 Å². The summed E-state index contributed by atoms with van der Waals surface area (Å²) in [5.74, 6) is 0. The summed E-state index contributed by atoms with van der Waals surface area (Å²) < 4.78 is 0. The van der Waals surface area contributed by atoms with E-state index in [-0.39, 0.29) is 0 Å². The molecule has 0 aliphatic heterocycles. The molecule has 3 aromatic rings. The van der Waals surface area contributed by atoms with Crippen molar-refractivity contribution in [2.24, 2.45) is 0 Å². The molecule has 4 N–H and O–H groups in total. The van der Waals surface area contributed by atoms with E-state index < -0.39 is 0 Å². The van der Waals surface area contributed by atoms with E-state index >= 15 is 0 Å². The van der Waals surface area contributed by atoms with Crippen molar-refractivity contribution in [3.05, 3.63) is 71.8 Å². The average Bonchev–Trinajstić information content (AvgIpc) is 2.52. The Labute approximate surface area is 131 Å². The molecular weight excluding hydrogens is 268 g/mol. The molecule has 0 aliphatic carbocycles. The first-order valence-electron chi connectivity index (χ1n) is 7.38. The summed E-state index contributed by atoms with van der Waals surface area (Å²) in [4.78, 5) is 0. The number of hydrogen-bond acceptors (Lipinski definition) is 2. The van der Waals surface area contributed by atoms with E-state index in [1.807, 2.05) is 24.3 Å². The van der Waals surface area contributed by atoms with Crippen LogP contribution in [0, 0.1) is 13.8 Å². The second-order valence-corrected chi connectivity index (χ2v) is 5.65. The SMILES string of the molecule is Cc1c(-c2ccc(N)cc2)ccc(-c2ccc(N)cc2)c1C. The van der Waals surface area contributed by atoms with Crippen molar-refractivity contribution in [3.8, 4) is 22.3 Å². The van der Waals surface area contributed by atoms with E-state index in [4.69, 9.17) is 11.5 Å². The number of nitrogen functional groups attached to an aromatic ring is 2. The van der Waals surface area contributed by atoms with Crippen LogP contribution in [0.3, 0.4) is 0 Å². The van der Waals surface area contributed by atoms with E-state index in [0.29, 0.717) is 0 Å². The Morgan fingerprint density at radius 2 is 0.818 bits per heavy atom. The molecule has 0 unspecified atom stereocenters. The Balaban J connectivity index is 2.08. The van der Waals surface area contributed by atoms with Gasteiger partial charge in [0.05, 0.1) is 0 Å². The lowest BCUT2D eigenvalue weighted by molar-refractivity contribution is 1.34. The maximum absolute atomic E-state index is 5.77. The molecule has 0 amide bonds. The maximum atomic E-state index is 5.77. The first-order chi connectivity index (χ1) is 10.6. The third-order valence-corrected chi connectivity index (χ3v) is 4.23. The van der Waals surface area contributed by atoms with Crippen molar-refractivity contribution in [2.75, 3.05) is 11.5 Å². The van der Waals surface area contributed by atoms with Crippen LogP contribution in [-0.4, -0.2) is 0 Å². The molecule has 0 aromatic heterocycles. The summed E-state index contributed by atoms with van der Waals surface area (Å²) in [5.41, 5.74) is 20.6. The largest absolute Gasteiger partial charge is 0.399 e. The zero-order valence-electron chi connectivity index (χ0n) is 12.9. The Hall–Kier alpha value is -2.74. The topological polar surface area (TPSA) is 52.0 Å². The van der Waals surface area contributed by atoms with Gasteiger partial charge in [-0.15, -0.1) is 0 Å². The molecule has 3 rings (SSSR count). The zero-order valence-corrected chi connectivity index (χ0v) is 12.9. The van der Waals surface area contributed by atoms with Gasteiger partial charge < -0.3 is 11.5 Å². The molecule has 0 saturated carbocycles. The molecule has 0 aliphatic rings. The molecule has 3 aromatic carbocycles. The van der Waals surface area contributed by atoms with Gasteiger partial charge >= 0.3 is 0 Å². The first-order valence-corrected chi connectivity index (χ1v) is 7.38. The van der Waals surface area contributed by atoms with Gasteiger partial charge in [-0.1, -0.05) is 36.4 Å². The normalized spacial score (nSPS) is 10.6. The third-order valence-electron chi connectivity index (χ3n) is 4.23. The Morgan fingerprint density at radius 3 is 1.14 bits per heavy atom. The highest BCUT2D eigenvalue weighted by molar-refractivity contribution is 5.77. The molecule has 0 spiro atoms. The summed E-state index contributed by atoms with van der Waals surface area (Å²) in [6.45, 7) is 4.34. The van der Waals surface area contributed by atoms with Crippen molar-refractivity contribution in [2.45, 2.75) is 13.8 Å². The summed E-state index contributed by atoms with van der Waals surface area (Å²) >= 11 is 0. The zero-order chi connectivity index (χ0) is 15.7. The molecule has 2 heteroatoms. The molecule has 0 radical (unpaired) electrons. The van der Waals surface area contributed by atoms with Gasteiger partial charge in [0.1, 0.15) is 0 Å². The first kappa shape index (κ1) is 14.2. The smallest absolute Gasteiger partial charge is 0.0314 e. The molecule has 0 saturated heterocycles. The average molecular weight is 288 g/mol. The van der Waals surface area contributed by atoms with Crippen molar-refractivity contribution in [1.82, 2.24) is 0 Å². The molecule has 0 fully saturated rings. The number of benzene rings is 3. The minimum absolute atomic E-state index is 0.789. The molecular formula is C20H20N2. The maximum Gasteiger partial charge on any atom is 0.0314 e. The van der Waals surface area contributed by atoms with Gasteiger partial charge in [-0.2, -0.15) is 0 Å². The standard InChI is InChI=1S/C20H20N2/c1-13-14(2)20(16-5-9-18(22)10-6-16)12-11-19(13)15-3-7-17(21)8-4-15/h3-12H,21-22H2,1-2H3. The van der Waals surface area contributed by atoms with Crippen LogP contribution in [0.2, 0.25) is 0 Å². The van der Waals surface area contributed by atoms with Gasteiger partial charge in [0, 0.05) is 11.4 Å². The molecule has 22 heavy (non-hydrogen) atoms. The van der Waals surface area contributed by atoms with E-state index in [0.717, 1.165) is 11.4 Å². The Bertz CT molecular complexity index is 730. The van der Waals surface area contributed by atoms with Crippen molar-refractivity contribution < 1.29 is 0 Å². The van der Waals surface area contributed by atoms with Gasteiger partial charge in [-0.25, -0.2) is 0 Å². The molecule has 0 bridgehead atoms. The fraction of sp³-hybridized carbons (Fsp3) is 0.100. The molecule has 0 heterocycles. The highest BCUT2D eigenvalue weighted by Crippen LogP contribution is 2.33. The highest BCUT2D eigenvalue weighted by atomic mass is 14.5. The quantitative estimate of drug-likeness (QED) is 0.665. The minimum atomic E-state index is 0.789. The van der Waals surface area contributed by atoms with Gasteiger partial charge in [0.25, 0.3) is 0 Å². The van der Waals surface area contributed by atoms with E-state index in [1.165, 1.54) is 33.4 Å². The van der Waals surface area contributed by atoms with Gasteiger partial charge in [0.2, 0.25) is 0 Å². The summed E-state index contributed by atoms with van der Waals surface area (Å²) in [5, 5.41) is 0. The van der Waals surface area contributed by atoms with Gasteiger partial charge in [-0.3, -0.25) is 0 Å². The lowest BCUT2D eigenvalue weighted by atomic mass is 9.90. The Morgan fingerprint density at radius 1 is 0.500 bits per heavy atom.